The van der Waals surface area contributed by atoms with Gasteiger partial charge in [-0.25, -0.2) is 0 Å². The maximum Gasteiger partial charge on any atom is 0.266 e. The Morgan fingerprint density at radius 1 is 1.10 bits per heavy atom. The monoisotopic (exact) mass is 464 g/mol. The Morgan fingerprint density at radius 3 is 2.57 bits per heavy atom. The Morgan fingerprint density at radius 2 is 1.90 bits per heavy atom. The fourth-order valence-electron chi connectivity index (χ4n) is 2.88. The number of amides is 1. The van der Waals surface area contributed by atoms with E-state index in [9.17, 15) is 4.79 Å². The van der Waals surface area contributed by atoms with Gasteiger partial charge in [-0.15, -0.1) is 0 Å². The molecule has 2 aromatic carbocycles. The second-order valence-corrected chi connectivity index (χ2v) is 8.19. The summed E-state index contributed by atoms with van der Waals surface area (Å²) in [5.74, 6) is 1.14. The van der Waals surface area contributed by atoms with Crippen LogP contribution in [-0.4, -0.2) is 36.2 Å². The third-order valence-electron chi connectivity index (χ3n) is 4.36. The van der Waals surface area contributed by atoms with Crippen LogP contribution in [0, 0.1) is 0 Å². The normalized spacial score (nSPS) is 16.6. The van der Waals surface area contributed by atoms with E-state index in [1.165, 1.54) is 11.8 Å². The molecule has 0 atom stereocenters. The number of thioether (sulfide) groups is 1. The number of aliphatic imine (C=N–C) groups is 1. The molecule has 1 saturated heterocycles. The van der Waals surface area contributed by atoms with Crippen molar-refractivity contribution in [2.45, 2.75) is 20.5 Å². The van der Waals surface area contributed by atoms with Crippen molar-refractivity contribution < 1.29 is 14.3 Å². The maximum atomic E-state index is 12.6. The van der Waals surface area contributed by atoms with Gasteiger partial charge in [0.15, 0.2) is 16.7 Å². The number of ether oxygens (including phenoxy) is 2. The molecule has 0 spiro atoms. The highest BCUT2D eigenvalue weighted by Crippen LogP contribution is 2.35. The van der Waals surface area contributed by atoms with Crippen LogP contribution < -0.4 is 9.47 Å². The van der Waals surface area contributed by atoms with Crippen molar-refractivity contribution in [1.29, 1.82) is 0 Å². The molecule has 3 rings (SSSR count). The molecule has 0 radical (unpaired) electrons. The number of carbonyl (C=O) groups excluding carboxylic acids is 1. The van der Waals surface area contributed by atoms with E-state index < -0.39 is 0 Å². The first-order valence-corrected chi connectivity index (χ1v) is 11.0. The molecule has 1 aliphatic rings. The number of nitrogens with zero attached hydrogens (tertiary/aromatic N) is 2. The highest BCUT2D eigenvalue weighted by Gasteiger charge is 2.31. The minimum atomic E-state index is -0.0337. The van der Waals surface area contributed by atoms with E-state index in [-0.39, 0.29) is 5.91 Å². The number of hydrogen-bond donors (Lipinski definition) is 0. The van der Waals surface area contributed by atoms with E-state index in [2.05, 4.69) is 4.99 Å². The van der Waals surface area contributed by atoms with E-state index >= 15 is 0 Å². The molecule has 0 bridgehead atoms. The Bertz CT molecular complexity index is 1010. The van der Waals surface area contributed by atoms with Crippen LogP contribution in [0.3, 0.4) is 0 Å². The van der Waals surface area contributed by atoms with E-state index in [0.29, 0.717) is 46.1 Å². The minimum absolute atomic E-state index is 0.0337. The zero-order valence-electron chi connectivity index (χ0n) is 16.9. The molecular weight excluding hydrogens is 443 g/mol. The molecule has 30 heavy (non-hydrogen) atoms. The van der Waals surface area contributed by atoms with Gasteiger partial charge < -0.3 is 9.47 Å². The predicted molar refractivity (Wildman–Crippen MR) is 125 cm³/mol. The Labute approximate surface area is 190 Å². The first kappa shape index (κ1) is 22.5. The minimum Gasteiger partial charge on any atom is -0.493 e. The summed E-state index contributed by atoms with van der Waals surface area (Å²) < 4.78 is 11.4. The topological polar surface area (TPSA) is 51.1 Å². The molecule has 0 aliphatic carbocycles. The van der Waals surface area contributed by atoms with E-state index in [0.717, 1.165) is 16.3 Å². The van der Waals surface area contributed by atoms with Crippen LogP contribution in [0.1, 0.15) is 25.0 Å². The van der Waals surface area contributed by atoms with Crippen molar-refractivity contribution >= 4 is 52.1 Å². The van der Waals surface area contributed by atoms with Crippen molar-refractivity contribution in [2.75, 3.05) is 20.2 Å². The third-order valence-corrected chi connectivity index (χ3v) is 6.14. The number of rotatable bonds is 7. The second-order valence-electron chi connectivity index (χ2n) is 6.36. The van der Waals surface area contributed by atoms with Crippen molar-refractivity contribution in [1.82, 2.24) is 4.90 Å². The number of likely N-dealkylation sites (N-methyl/N-ethyl adjacent to an activating group) is 1. The standard InChI is InChI=1S/C22H22Cl2N2O3S/c1-4-25-22-26(5-2)21(27)20(30-22)12-14-7-9-18(19(11-14)28-3)29-13-15-6-8-16(23)17(24)10-15/h6-12H,4-5,13H2,1-3H3/b20-12-,25-22?. The summed E-state index contributed by atoms with van der Waals surface area (Å²) in [4.78, 5) is 19.4. The van der Waals surface area contributed by atoms with Crippen LogP contribution in [0.2, 0.25) is 10.0 Å². The molecule has 158 valence electrons. The predicted octanol–water partition coefficient (Wildman–Crippen LogP) is 5.89. The lowest BCUT2D eigenvalue weighted by Gasteiger charge is -2.12. The van der Waals surface area contributed by atoms with Crippen LogP contribution >= 0.6 is 35.0 Å². The van der Waals surface area contributed by atoms with Gasteiger partial charge in [-0.05, 0) is 67.1 Å². The van der Waals surface area contributed by atoms with Crippen LogP contribution in [0.25, 0.3) is 6.08 Å². The quantitative estimate of drug-likeness (QED) is 0.479. The summed E-state index contributed by atoms with van der Waals surface area (Å²) in [6.07, 6.45) is 1.85. The summed E-state index contributed by atoms with van der Waals surface area (Å²) in [5.41, 5.74) is 1.74. The molecule has 5 nitrogen and oxygen atoms in total. The van der Waals surface area contributed by atoms with Crippen LogP contribution in [0.4, 0.5) is 0 Å². The Kier molecular flexibility index (Phi) is 7.69. The van der Waals surface area contributed by atoms with Crippen molar-refractivity contribution in [3.05, 3.63) is 62.5 Å². The first-order chi connectivity index (χ1) is 14.5. The molecule has 1 heterocycles. The van der Waals surface area contributed by atoms with Gasteiger partial charge in [0.05, 0.1) is 22.1 Å². The number of methoxy groups -OCH3 is 1. The van der Waals surface area contributed by atoms with E-state index in [1.54, 1.807) is 24.1 Å². The fourth-order valence-corrected chi connectivity index (χ4v) is 4.30. The van der Waals surface area contributed by atoms with E-state index in [4.69, 9.17) is 32.7 Å². The molecule has 8 heteroatoms. The lowest BCUT2D eigenvalue weighted by Crippen LogP contribution is -2.28. The number of carbonyl (C=O) groups is 1. The Balaban J connectivity index is 1.78. The summed E-state index contributed by atoms with van der Waals surface area (Å²) in [7, 11) is 1.58. The summed E-state index contributed by atoms with van der Waals surface area (Å²) in [6.45, 7) is 5.44. The molecule has 0 saturated carbocycles. The van der Waals surface area contributed by atoms with Gasteiger partial charge in [0.1, 0.15) is 6.61 Å². The number of benzene rings is 2. The van der Waals surface area contributed by atoms with Gasteiger partial charge in [-0.3, -0.25) is 14.7 Å². The largest absolute Gasteiger partial charge is 0.493 e. The van der Waals surface area contributed by atoms with Crippen LogP contribution in [0.5, 0.6) is 11.5 Å². The van der Waals surface area contributed by atoms with Crippen molar-refractivity contribution in [3.8, 4) is 11.5 Å². The SMILES string of the molecule is CCN=C1S/C(=C\c2ccc(OCc3ccc(Cl)c(Cl)c3)c(OC)c2)C(=O)N1CC. The highest BCUT2D eigenvalue weighted by atomic mass is 35.5. The molecular formula is C22H22Cl2N2O3S. The van der Waals surface area contributed by atoms with Gasteiger partial charge in [0, 0.05) is 13.1 Å². The smallest absolute Gasteiger partial charge is 0.266 e. The second kappa shape index (κ2) is 10.2. The average molecular weight is 465 g/mol. The molecule has 1 aliphatic heterocycles. The molecule has 2 aromatic rings. The zero-order valence-corrected chi connectivity index (χ0v) is 19.3. The maximum absolute atomic E-state index is 12.6. The number of amidine groups is 1. The van der Waals surface area contributed by atoms with Gasteiger partial charge in [0.25, 0.3) is 5.91 Å². The first-order valence-electron chi connectivity index (χ1n) is 9.47. The molecule has 0 unspecified atom stereocenters. The van der Waals surface area contributed by atoms with Gasteiger partial charge in [-0.1, -0.05) is 35.3 Å². The number of halogens is 2. The van der Waals surface area contributed by atoms with Crippen LogP contribution in [-0.2, 0) is 11.4 Å². The summed E-state index contributed by atoms with van der Waals surface area (Å²) >= 11 is 13.4. The molecule has 0 aromatic heterocycles. The van der Waals surface area contributed by atoms with Gasteiger partial charge >= 0.3 is 0 Å². The van der Waals surface area contributed by atoms with Crippen LogP contribution in [0.15, 0.2) is 46.3 Å². The molecule has 1 fully saturated rings. The van der Waals surface area contributed by atoms with Gasteiger partial charge in [0.2, 0.25) is 0 Å². The molecule has 1 amide bonds. The highest BCUT2D eigenvalue weighted by molar-refractivity contribution is 8.18. The van der Waals surface area contributed by atoms with Crippen molar-refractivity contribution in [3.63, 3.8) is 0 Å². The fraction of sp³-hybridized carbons (Fsp3) is 0.273. The average Bonchev–Trinajstić information content (AvgIpc) is 3.03. The number of hydrogen-bond acceptors (Lipinski definition) is 5. The van der Waals surface area contributed by atoms with E-state index in [1.807, 2.05) is 44.2 Å². The third kappa shape index (κ3) is 5.12. The summed E-state index contributed by atoms with van der Waals surface area (Å²) in [5, 5.41) is 1.73. The lowest BCUT2D eigenvalue weighted by molar-refractivity contribution is -0.122. The summed E-state index contributed by atoms with van der Waals surface area (Å²) in [6, 6.07) is 10.9. The van der Waals surface area contributed by atoms with Crippen molar-refractivity contribution in [2.24, 2.45) is 4.99 Å². The zero-order chi connectivity index (χ0) is 21.7. The Hall–Kier alpha value is -2.15. The molecule has 0 N–H and O–H groups in total. The lowest BCUT2D eigenvalue weighted by atomic mass is 10.1. The van der Waals surface area contributed by atoms with Gasteiger partial charge in [-0.2, -0.15) is 0 Å².